The van der Waals surface area contributed by atoms with E-state index in [0.717, 1.165) is 56.7 Å². The van der Waals surface area contributed by atoms with E-state index in [2.05, 4.69) is 149 Å². The summed E-state index contributed by atoms with van der Waals surface area (Å²) < 4.78 is 8.91. The van der Waals surface area contributed by atoms with Gasteiger partial charge in [0.15, 0.2) is 11.5 Å². The SMILES string of the molecule is c1ccc(-c2nc3cc(N4c5ccccc5Oc5cc6c7ccccc7c7ccccc7c6cc54)ccc3n2-c2ccccc2)cc1. The number of benzene rings is 8. The zero-order chi connectivity index (χ0) is 30.9. The molecule has 47 heavy (non-hydrogen) atoms. The Morgan fingerprint density at radius 3 is 1.74 bits per heavy atom. The third-order valence-electron chi connectivity index (χ3n) is 9.33. The molecule has 10 rings (SSSR count). The van der Waals surface area contributed by atoms with Gasteiger partial charge in [0.1, 0.15) is 5.82 Å². The minimum absolute atomic E-state index is 0.823. The molecule has 1 aliphatic rings. The topological polar surface area (TPSA) is 30.3 Å². The Bertz CT molecular complexity index is 2660. The van der Waals surface area contributed by atoms with Crippen LogP contribution < -0.4 is 9.64 Å². The molecule has 4 heteroatoms. The van der Waals surface area contributed by atoms with Crippen molar-refractivity contribution in [3.8, 4) is 28.6 Å². The van der Waals surface area contributed by atoms with Crippen LogP contribution in [0.2, 0.25) is 0 Å². The predicted octanol–water partition coefficient (Wildman–Crippen LogP) is 11.7. The molecular formula is C43H27N3O. The number of para-hydroxylation sites is 3. The predicted molar refractivity (Wildman–Crippen MR) is 194 cm³/mol. The van der Waals surface area contributed by atoms with Crippen molar-refractivity contribution >= 4 is 60.4 Å². The van der Waals surface area contributed by atoms with Crippen molar-refractivity contribution in [2.75, 3.05) is 4.90 Å². The molecule has 0 amide bonds. The average Bonchev–Trinajstić information content (AvgIpc) is 3.53. The highest BCUT2D eigenvalue weighted by Crippen LogP contribution is 2.53. The second-order valence-corrected chi connectivity index (χ2v) is 12.0. The van der Waals surface area contributed by atoms with Gasteiger partial charge in [0, 0.05) is 16.9 Å². The molecule has 8 aromatic carbocycles. The lowest BCUT2D eigenvalue weighted by Gasteiger charge is -2.33. The fraction of sp³-hybridized carbons (Fsp3) is 0. The van der Waals surface area contributed by atoms with Crippen LogP contribution in [0.15, 0.2) is 164 Å². The highest BCUT2D eigenvalue weighted by molar-refractivity contribution is 6.26. The first kappa shape index (κ1) is 25.9. The lowest BCUT2D eigenvalue weighted by atomic mass is 9.93. The molecule has 9 aromatic rings. The summed E-state index contributed by atoms with van der Waals surface area (Å²) in [7, 11) is 0. The van der Waals surface area contributed by atoms with Crippen LogP contribution in [0, 0.1) is 0 Å². The minimum Gasteiger partial charge on any atom is -0.453 e. The van der Waals surface area contributed by atoms with Crippen molar-refractivity contribution < 1.29 is 4.74 Å². The van der Waals surface area contributed by atoms with Crippen LogP contribution in [0.1, 0.15) is 0 Å². The van der Waals surface area contributed by atoms with Gasteiger partial charge in [0.25, 0.3) is 0 Å². The number of ether oxygens (including phenoxy) is 1. The van der Waals surface area contributed by atoms with E-state index in [4.69, 9.17) is 9.72 Å². The Labute approximate surface area is 271 Å². The highest BCUT2D eigenvalue weighted by Gasteiger charge is 2.28. The van der Waals surface area contributed by atoms with Crippen LogP contribution >= 0.6 is 0 Å². The van der Waals surface area contributed by atoms with Crippen LogP contribution in [0.3, 0.4) is 0 Å². The summed E-state index contributed by atoms with van der Waals surface area (Å²) in [5.74, 6) is 2.57. The Kier molecular flexibility index (Phi) is 5.54. The van der Waals surface area contributed by atoms with Gasteiger partial charge in [-0.05, 0) is 86.9 Å². The van der Waals surface area contributed by atoms with Crippen molar-refractivity contribution in [2.24, 2.45) is 0 Å². The van der Waals surface area contributed by atoms with Crippen LogP contribution in [0.4, 0.5) is 17.1 Å². The molecule has 0 spiro atoms. The number of imidazole rings is 1. The molecule has 1 aromatic heterocycles. The lowest BCUT2D eigenvalue weighted by molar-refractivity contribution is 0.478. The summed E-state index contributed by atoms with van der Waals surface area (Å²) >= 11 is 0. The first-order valence-electron chi connectivity index (χ1n) is 15.9. The molecular weight excluding hydrogens is 574 g/mol. The molecule has 0 N–H and O–H groups in total. The molecule has 4 nitrogen and oxygen atoms in total. The Morgan fingerprint density at radius 1 is 0.426 bits per heavy atom. The number of nitrogens with zero attached hydrogens (tertiary/aromatic N) is 3. The van der Waals surface area contributed by atoms with Crippen LogP contribution in [0.25, 0.3) is 60.4 Å². The van der Waals surface area contributed by atoms with E-state index in [1.807, 2.05) is 24.3 Å². The molecule has 0 aliphatic carbocycles. The normalized spacial score (nSPS) is 12.4. The van der Waals surface area contributed by atoms with Gasteiger partial charge in [0.2, 0.25) is 0 Å². The summed E-state index contributed by atoms with van der Waals surface area (Å²) in [6.45, 7) is 0. The van der Waals surface area contributed by atoms with Gasteiger partial charge >= 0.3 is 0 Å². The van der Waals surface area contributed by atoms with E-state index in [1.54, 1.807) is 0 Å². The number of hydrogen-bond donors (Lipinski definition) is 0. The molecule has 0 bridgehead atoms. The highest BCUT2D eigenvalue weighted by atomic mass is 16.5. The molecule has 0 atom stereocenters. The average molecular weight is 602 g/mol. The van der Waals surface area contributed by atoms with Crippen LogP contribution in [-0.2, 0) is 0 Å². The second kappa shape index (κ2) is 10.1. The molecule has 0 saturated heterocycles. The maximum atomic E-state index is 6.66. The fourth-order valence-corrected chi connectivity index (χ4v) is 7.26. The third kappa shape index (κ3) is 3.92. The molecule has 0 fully saturated rings. The van der Waals surface area contributed by atoms with Gasteiger partial charge in [-0.3, -0.25) is 4.57 Å². The van der Waals surface area contributed by atoms with Gasteiger partial charge in [-0.25, -0.2) is 4.98 Å². The van der Waals surface area contributed by atoms with Crippen molar-refractivity contribution in [1.82, 2.24) is 9.55 Å². The number of rotatable bonds is 3. The van der Waals surface area contributed by atoms with E-state index < -0.39 is 0 Å². The van der Waals surface area contributed by atoms with E-state index in [9.17, 15) is 0 Å². The molecule has 1 aliphatic heterocycles. The van der Waals surface area contributed by atoms with Gasteiger partial charge in [-0.2, -0.15) is 0 Å². The van der Waals surface area contributed by atoms with E-state index in [-0.39, 0.29) is 0 Å². The molecule has 0 radical (unpaired) electrons. The maximum Gasteiger partial charge on any atom is 0.152 e. The van der Waals surface area contributed by atoms with Gasteiger partial charge in [-0.1, -0.05) is 109 Å². The molecule has 220 valence electrons. The van der Waals surface area contributed by atoms with Crippen molar-refractivity contribution in [2.45, 2.75) is 0 Å². The van der Waals surface area contributed by atoms with Crippen LogP contribution in [0.5, 0.6) is 11.5 Å². The lowest BCUT2D eigenvalue weighted by Crippen LogP contribution is -2.15. The molecule has 2 heterocycles. The zero-order valence-corrected chi connectivity index (χ0v) is 25.3. The minimum atomic E-state index is 0.823. The summed E-state index contributed by atoms with van der Waals surface area (Å²) in [6, 6.07) is 57.6. The van der Waals surface area contributed by atoms with Gasteiger partial charge in [0.05, 0.1) is 22.4 Å². The van der Waals surface area contributed by atoms with Crippen molar-refractivity contribution in [3.05, 3.63) is 164 Å². The van der Waals surface area contributed by atoms with E-state index in [0.29, 0.717) is 0 Å². The summed E-state index contributed by atoms with van der Waals surface area (Å²) in [4.78, 5) is 7.58. The largest absolute Gasteiger partial charge is 0.453 e. The van der Waals surface area contributed by atoms with E-state index >= 15 is 0 Å². The van der Waals surface area contributed by atoms with E-state index in [1.165, 1.54) is 32.3 Å². The Hall–Kier alpha value is -6.39. The standard InChI is InChI=1S/C43H27N3O/c1-3-13-28(14-4-1)43-44-37-25-30(23-24-38(37)46(43)29-15-5-2-6-16-29)45-39-21-11-12-22-41(39)47-42-27-36-34-20-10-8-18-32(34)31-17-7-9-19-33(31)35(36)26-40(42)45/h1-27H. The van der Waals surface area contributed by atoms with Gasteiger partial charge in [-0.15, -0.1) is 0 Å². The van der Waals surface area contributed by atoms with Crippen LogP contribution in [-0.4, -0.2) is 9.55 Å². The number of anilines is 3. The van der Waals surface area contributed by atoms with Crippen molar-refractivity contribution in [3.63, 3.8) is 0 Å². The zero-order valence-electron chi connectivity index (χ0n) is 25.3. The second-order valence-electron chi connectivity index (χ2n) is 12.0. The summed E-state index contributed by atoms with van der Waals surface area (Å²) in [5.41, 5.74) is 7.15. The third-order valence-corrected chi connectivity index (χ3v) is 9.33. The molecule has 0 saturated carbocycles. The Balaban J connectivity index is 1.24. The number of fused-ring (bicyclic) bond motifs is 9. The van der Waals surface area contributed by atoms with Crippen molar-refractivity contribution in [1.29, 1.82) is 0 Å². The first-order valence-corrected chi connectivity index (χ1v) is 15.9. The smallest absolute Gasteiger partial charge is 0.152 e. The quantitative estimate of drug-likeness (QED) is 0.189. The monoisotopic (exact) mass is 601 g/mol. The maximum absolute atomic E-state index is 6.66. The first-order chi connectivity index (χ1) is 23.3. The summed E-state index contributed by atoms with van der Waals surface area (Å²) in [6.07, 6.45) is 0. The number of aromatic nitrogens is 2. The summed E-state index contributed by atoms with van der Waals surface area (Å²) in [5, 5.41) is 7.33. The fourth-order valence-electron chi connectivity index (χ4n) is 7.26. The Morgan fingerprint density at radius 2 is 1.02 bits per heavy atom. The van der Waals surface area contributed by atoms with Gasteiger partial charge < -0.3 is 9.64 Å². The molecule has 0 unspecified atom stereocenters. The number of hydrogen-bond acceptors (Lipinski definition) is 3.